The molecule has 0 saturated carbocycles. The molecular formula is C12H16ClF3N4O2. The number of anilines is 1. The first-order valence-electron chi connectivity index (χ1n) is 6.40. The van der Waals surface area contributed by atoms with Gasteiger partial charge in [-0.05, 0) is 33.0 Å². The van der Waals surface area contributed by atoms with E-state index in [9.17, 15) is 18.0 Å². The number of hydrogen-bond acceptors (Lipinski definition) is 5. The van der Waals surface area contributed by atoms with Crippen molar-refractivity contribution in [1.82, 2.24) is 14.9 Å². The van der Waals surface area contributed by atoms with Gasteiger partial charge in [0.1, 0.15) is 5.56 Å². The molecular weight excluding hydrogens is 325 g/mol. The SMILES string of the molecule is CN1CCC(Nc2ncc(C(=O)O)c(C(F)(F)F)n2)CC1.Cl. The molecule has 1 saturated heterocycles. The molecule has 1 aromatic rings. The molecule has 0 bridgehead atoms. The molecule has 10 heteroatoms. The zero-order valence-corrected chi connectivity index (χ0v) is 12.5. The summed E-state index contributed by atoms with van der Waals surface area (Å²) in [5.74, 6) is -1.89. The van der Waals surface area contributed by atoms with Crippen LogP contribution in [0.3, 0.4) is 0 Å². The smallest absolute Gasteiger partial charge is 0.434 e. The van der Waals surface area contributed by atoms with Crippen molar-refractivity contribution >= 4 is 24.3 Å². The zero-order valence-electron chi connectivity index (χ0n) is 11.7. The minimum Gasteiger partial charge on any atom is -0.478 e. The predicted octanol–water partition coefficient (Wildman–Crippen LogP) is 2.12. The summed E-state index contributed by atoms with van der Waals surface area (Å²) >= 11 is 0. The highest BCUT2D eigenvalue weighted by Gasteiger charge is 2.38. The first-order chi connectivity index (χ1) is 9.77. The lowest BCUT2D eigenvalue weighted by Gasteiger charge is -2.29. The number of piperidine rings is 1. The molecule has 1 aliphatic rings. The van der Waals surface area contributed by atoms with Crippen molar-refractivity contribution in [3.8, 4) is 0 Å². The van der Waals surface area contributed by atoms with Gasteiger partial charge in [0.25, 0.3) is 0 Å². The Labute approximate surface area is 131 Å². The lowest BCUT2D eigenvalue weighted by Crippen LogP contribution is -2.37. The molecule has 124 valence electrons. The Bertz CT molecular complexity index is 534. The number of hydrogen-bond donors (Lipinski definition) is 2. The summed E-state index contributed by atoms with van der Waals surface area (Å²) in [7, 11) is 1.97. The van der Waals surface area contributed by atoms with Gasteiger partial charge in [0, 0.05) is 12.2 Å². The van der Waals surface area contributed by atoms with E-state index in [-0.39, 0.29) is 24.4 Å². The molecule has 0 aromatic carbocycles. The topological polar surface area (TPSA) is 78.4 Å². The number of aromatic carboxylic acids is 1. The van der Waals surface area contributed by atoms with Crippen LogP contribution in [0.1, 0.15) is 28.9 Å². The predicted molar refractivity (Wildman–Crippen MR) is 75.4 cm³/mol. The number of carboxylic acids is 1. The largest absolute Gasteiger partial charge is 0.478 e. The van der Waals surface area contributed by atoms with Crippen LogP contribution in [-0.4, -0.2) is 52.1 Å². The highest BCUT2D eigenvalue weighted by atomic mass is 35.5. The van der Waals surface area contributed by atoms with Crippen molar-refractivity contribution in [2.75, 3.05) is 25.5 Å². The number of halogens is 4. The molecule has 1 aliphatic heterocycles. The van der Waals surface area contributed by atoms with E-state index in [2.05, 4.69) is 20.2 Å². The second-order valence-electron chi connectivity index (χ2n) is 4.98. The minimum absolute atomic E-state index is 0. The van der Waals surface area contributed by atoms with Gasteiger partial charge in [0.05, 0.1) is 0 Å². The molecule has 0 amide bonds. The summed E-state index contributed by atoms with van der Waals surface area (Å²) < 4.78 is 38.5. The fourth-order valence-corrected chi connectivity index (χ4v) is 2.16. The van der Waals surface area contributed by atoms with E-state index in [1.165, 1.54) is 0 Å². The normalized spacial score (nSPS) is 16.9. The van der Waals surface area contributed by atoms with E-state index in [4.69, 9.17) is 5.11 Å². The molecule has 0 radical (unpaired) electrons. The van der Waals surface area contributed by atoms with Crippen LogP contribution in [0.4, 0.5) is 19.1 Å². The molecule has 0 unspecified atom stereocenters. The second kappa shape index (κ2) is 7.10. The van der Waals surface area contributed by atoms with Crippen molar-refractivity contribution in [1.29, 1.82) is 0 Å². The quantitative estimate of drug-likeness (QED) is 0.877. The molecule has 2 heterocycles. The minimum atomic E-state index is -4.83. The summed E-state index contributed by atoms with van der Waals surface area (Å²) in [6.45, 7) is 1.66. The Morgan fingerprint density at radius 1 is 1.41 bits per heavy atom. The average molecular weight is 341 g/mol. The van der Waals surface area contributed by atoms with Crippen LogP contribution in [0, 0.1) is 0 Å². The fraction of sp³-hybridized carbons (Fsp3) is 0.583. The molecule has 0 aliphatic carbocycles. The molecule has 0 atom stereocenters. The van der Waals surface area contributed by atoms with E-state index in [0.717, 1.165) is 25.9 Å². The highest BCUT2D eigenvalue weighted by molar-refractivity contribution is 5.88. The molecule has 2 rings (SSSR count). The van der Waals surface area contributed by atoms with Crippen molar-refractivity contribution < 1.29 is 23.1 Å². The maximum Gasteiger partial charge on any atom is 0.434 e. The zero-order chi connectivity index (χ0) is 15.6. The summed E-state index contributed by atoms with van der Waals surface area (Å²) in [5.41, 5.74) is -2.38. The number of alkyl halides is 3. The maximum absolute atomic E-state index is 12.8. The summed E-state index contributed by atoms with van der Waals surface area (Å²) in [6, 6.07) is -0.0158. The van der Waals surface area contributed by atoms with E-state index in [1.807, 2.05) is 7.05 Å². The summed E-state index contributed by atoms with van der Waals surface area (Å²) in [6.07, 6.45) is -2.61. The van der Waals surface area contributed by atoms with Gasteiger partial charge in [0.2, 0.25) is 5.95 Å². The lowest BCUT2D eigenvalue weighted by molar-refractivity contribution is -0.141. The van der Waals surface area contributed by atoms with Crippen molar-refractivity contribution in [2.24, 2.45) is 0 Å². The summed E-state index contributed by atoms with van der Waals surface area (Å²) in [5, 5.41) is 11.6. The van der Waals surface area contributed by atoms with Gasteiger partial charge >= 0.3 is 12.1 Å². The number of carboxylic acid groups (broad SMARTS) is 1. The van der Waals surface area contributed by atoms with Crippen molar-refractivity contribution in [2.45, 2.75) is 25.1 Å². The van der Waals surface area contributed by atoms with Crippen LogP contribution in [0.2, 0.25) is 0 Å². The van der Waals surface area contributed by atoms with Gasteiger partial charge in [-0.15, -0.1) is 12.4 Å². The third-order valence-corrected chi connectivity index (χ3v) is 3.34. The summed E-state index contributed by atoms with van der Waals surface area (Å²) in [4.78, 5) is 19.9. The number of nitrogens with one attached hydrogen (secondary N) is 1. The van der Waals surface area contributed by atoms with Gasteiger partial charge in [-0.25, -0.2) is 14.8 Å². The first-order valence-corrected chi connectivity index (χ1v) is 6.40. The third-order valence-electron chi connectivity index (χ3n) is 3.34. The van der Waals surface area contributed by atoms with Crippen LogP contribution in [-0.2, 0) is 6.18 Å². The van der Waals surface area contributed by atoms with E-state index < -0.39 is 23.4 Å². The fourth-order valence-electron chi connectivity index (χ4n) is 2.16. The van der Waals surface area contributed by atoms with Gasteiger partial charge in [-0.2, -0.15) is 13.2 Å². The average Bonchev–Trinajstić information content (AvgIpc) is 2.40. The van der Waals surface area contributed by atoms with Crippen LogP contribution in [0.25, 0.3) is 0 Å². The van der Waals surface area contributed by atoms with Gasteiger partial charge in [-0.1, -0.05) is 0 Å². The number of aromatic nitrogens is 2. The Kier molecular flexibility index (Phi) is 5.95. The maximum atomic E-state index is 12.8. The standard InChI is InChI=1S/C12H15F3N4O2.ClH/c1-19-4-2-7(3-5-19)17-11-16-6-8(10(20)21)9(18-11)12(13,14)15;/h6-7H,2-5H2,1H3,(H,20,21)(H,16,17,18);1H. The molecule has 1 fully saturated rings. The van der Waals surface area contributed by atoms with Crippen molar-refractivity contribution in [3.63, 3.8) is 0 Å². The molecule has 2 N–H and O–H groups in total. The van der Waals surface area contributed by atoms with Gasteiger partial charge < -0.3 is 15.3 Å². The monoisotopic (exact) mass is 340 g/mol. The third kappa shape index (κ3) is 4.44. The number of nitrogens with zero attached hydrogens (tertiary/aromatic N) is 3. The molecule has 6 nitrogen and oxygen atoms in total. The Balaban J connectivity index is 0.00000242. The molecule has 1 aromatic heterocycles. The van der Waals surface area contributed by atoms with Crippen LogP contribution in [0.5, 0.6) is 0 Å². The Morgan fingerprint density at radius 2 is 2.00 bits per heavy atom. The van der Waals surface area contributed by atoms with Gasteiger partial charge in [-0.3, -0.25) is 0 Å². The van der Waals surface area contributed by atoms with E-state index in [1.54, 1.807) is 0 Å². The van der Waals surface area contributed by atoms with Crippen LogP contribution in [0.15, 0.2) is 6.20 Å². The Morgan fingerprint density at radius 3 is 2.50 bits per heavy atom. The van der Waals surface area contributed by atoms with Crippen LogP contribution < -0.4 is 5.32 Å². The number of likely N-dealkylation sites (tertiary alicyclic amines) is 1. The molecule has 0 spiro atoms. The number of rotatable bonds is 3. The molecule has 22 heavy (non-hydrogen) atoms. The number of carbonyl (C=O) groups is 1. The first kappa shape index (κ1) is 18.4. The second-order valence-corrected chi connectivity index (χ2v) is 4.98. The highest BCUT2D eigenvalue weighted by Crippen LogP contribution is 2.31. The van der Waals surface area contributed by atoms with E-state index >= 15 is 0 Å². The van der Waals surface area contributed by atoms with E-state index in [0.29, 0.717) is 6.20 Å². The lowest BCUT2D eigenvalue weighted by atomic mass is 10.1. The van der Waals surface area contributed by atoms with Crippen LogP contribution >= 0.6 is 12.4 Å². The van der Waals surface area contributed by atoms with Gasteiger partial charge in [0.15, 0.2) is 5.69 Å². The van der Waals surface area contributed by atoms with Crippen molar-refractivity contribution in [3.05, 3.63) is 17.5 Å². The Hall–Kier alpha value is -1.61.